The number of benzene rings is 2. The van der Waals surface area contributed by atoms with Crippen molar-refractivity contribution >= 4 is 23.9 Å². The number of hydrogen-bond donors (Lipinski definition) is 0. The first-order valence-electron chi connectivity index (χ1n) is 15.8. The molecule has 0 aromatic heterocycles. The average molecular weight is 649 g/mol. The quantitative estimate of drug-likeness (QED) is 0.203. The second kappa shape index (κ2) is 11.9. The second-order valence-electron chi connectivity index (χ2n) is 12.9. The third-order valence-corrected chi connectivity index (χ3v) is 10.6. The maximum absolute atomic E-state index is 13.7. The lowest BCUT2D eigenvalue weighted by molar-refractivity contribution is -0.415. The van der Waals surface area contributed by atoms with Crippen LogP contribution in [0.3, 0.4) is 0 Å². The van der Waals surface area contributed by atoms with Crippen LogP contribution in [0, 0.1) is 23.2 Å². The topological polar surface area (TPSA) is 133 Å². The van der Waals surface area contributed by atoms with Gasteiger partial charge in [-0.3, -0.25) is 9.59 Å². The normalized spacial score (nSPS) is 33.6. The van der Waals surface area contributed by atoms with Crippen molar-refractivity contribution in [2.24, 2.45) is 23.2 Å². The van der Waals surface area contributed by atoms with Gasteiger partial charge in [0, 0.05) is 25.9 Å². The molecule has 6 rings (SSSR count). The van der Waals surface area contributed by atoms with Crippen LogP contribution in [0.5, 0.6) is 0 Å². The van der Waals surface area contributed by atoms with Crippen LogP contribution in [0.1, 0.15) is 50.9 Å². The van der Waals surface area contributed by atoms with Gasteiger partial charge in [-0.05, 0) is 49.9 Å². The highest BCUT2D eigenvalue weighted by molar-refractivity contribution is 5.90. The molecule has 2 aromatic rings. The first-order valence-corrected chi connectivity index (χ1v) is 15.8. The molecular weight excluding hydrogens is 608 g/mol. The Morgan fingerprint density at radius 2 is 1.62 bits per heavy atom. The lowest BCUT2D eigenvalue weighted by Crippen LogP contribution is -2.80. The molecule has 3 saturated heterocycles. The first-order chi connectivity index (χ1) is 22.4. The number of ether oxygens (including phenoxy) is 7. The van der Waals surface area contributed by atoms with E-state index in [0.717, 1.165) is 11.1 Å². The summed E-state index contributed by atoms with van der Waals surface area (Å²) in [6.45, 7) is 10.7. The zero-order valence-corrected chi connectivity index (χ0v) is 27.3. The van der Waals surface area contributed by atoms with E-state index in [1.54, 1.807) is 32.9 Å². The van der Waals surface area contributed by atoms with Crippen molar-refractivity contribution < 1.29 is 52.3 Å². The first kappa shape index (κ1) is 32.9. The van der Waals surface area contributed by atoms with Crippen molar-refractivity contribution in [2.75, 3.05) is 14.2 Å². The number of fused-ring (bicyclic) bond motifs is 1. The Balaban J connectivity index is 1.43. The molecular formula is C36H40O11. The third kappa shape index (κ3) is 4.50. The van der Waals surface area contributed by atoms with Gasteiger partial charge < -0.3 is 33.2 Å². The molecule has 2 aromatic carbocycles. The molecule has 11 nitrogen and oxygen atoms in total. The Hall–Kier alpha value is -4.06. The Labute approximate surface area is 273 Å². The monoisotopic (exact) mass is 648 g/mol. The Kier molecular flexibility index (Phi) is 8.30. The Bertz CT molecular complexity index is 1590. The molecule has 1 aliphatic carbocycles. The van der Waals surface area contributed by atoms with Crippen molar-refractivity contribution in [1.29, 1.82) is 0 Å². The fourth-order valence-electron chi connectivity index (χ4n) is 9.03. The zero-order chi connectivity index (χ0) is 33.9. The summed E-state index contributed by atoms with van der Waals surface area (Å²) in [4.78, 5) is 52.3. The van der Waals surface area contributed by atoms with Crippen LogP contribution in [0.25, 0.3) is 11.1 Å². The van der Waals surface area contributed by atoms with Crippen LogP contribution in [-0.2, 0) is 47.5 Å². The maximum atomic E-state index is 13.7. The standard InChI is InChI=1S/C36H40O11/c1-19(2)27(21(4)43-22(5)37)35-28(41-6)31(40)45-32(35)47-36-26(20(3)29(38)42-7)17-18-34(35,36)46-33(36)44-30(39)25-15-13-24(14-16-25)23-11-9-8-10-12-23/h8-16,20-21,26-28,32-33H,1,17-18H2,2-7H3/t20?,21-,26+,27+,28-,32?,33-,34?,35?,36?/m0/s1. The van der Waals surface area contributed by atoms with E-state index in [1.807, 2.05) is 42.5 Å². The highest BCUT2D eigenvalue weighted by Gasteiger charge is 2.95. The van der Waals surface area contributed by atoms with Crippen LogP contribution < -0.4 is 0 Å². The van der Waals surface area contributed by atoms with E-state index < -0.39 is 83.0 Å². The lowest BCUT2D eigenvalue weighted by atomic mass is 9.52. The highest BCUT2D eigenvalue weighted by atomic mass is 16.8. The van der Waals surface area contributed by atoms with Crippen LogP contribution in [-0.4, -0.2) is 74.1 Å². The van der Waals surface area contributed by atoms with Gasteiger partial charge in [-0.25, -0.2) is 9.59 Å². The van der Waals surface area contributed by atoms with E-state index in [9.17, 15) is 19.2 Å². The maximum Gasteiger partial charge on any atom is 0.340 e. The molecule has 0 bridgehead atoms. The minimum absolute atomic E-state index is 0.287. The average Bonchev–Trinajstić information content (AvgIpc) is 3.52. The van der Waals surface area contributed by atoms with Crippen LogP contribution >= 0.6 is 0 Å². The number of carbonyl (C=O) groups excluding carboxylic acids is 4. The molecule has 11 heteroatoms. The molecule has 4 fully saturated rings. The predicted octanol–water partition coefficient (Wildman–Crippen LogP) is 4.62. The van der Waals surface area contributed by atoms with Crippen LogP contribution in [0.4, 0.5) is 0 Å². The van der Waals surface area contributed by atoms with Crippen LogP contribution in [0.15, 0.2) is 66.7 Å². The second-order valence-corrected chi connectivity index (χ2v) is 12.9. The molecule has 47 heavy (non-hydrogen) atoms. The molecule has 5 unspecified atom stereocenters. The Morgan fingerprint density at radius 1 is 0.957 bits per heavy atom. The predicted molar refractivity (Wildman–Crippen MR) is 165 cm³/mol. The number of hydrogen-bond acceptors (Lipinski definition) is 11. The summed E-state index contributed by atoms with van der Waals surface area (Å²) in [5.41, 5.74) is -1.46. The minimum Gasteiger partial charge on any atom is -0.469 e. The van der Waals surface area contributed by atoms with Crippen molar-refractivity contribution in [3.05, 3.63) is 72.3 Å². The van der Waals surface area contributed by atoms with Gasteiger partial charge in [0.1, 0.15) is 17.1 Å². The van der Waals surface area contributed by atoms with Crippen molar-refractivity contribution in [1.82, 2.24) is 0 Å². The molecule has 0 amide bonds. The zero-order valence-electron chi connectivity index (χ0n) is 27.3. The van der Waals surface area contributed by atoms with Gasteiger partial charge in [-0.15, -0.1) is 0 Å². The summed E-state index contributed by atoms with van der Waals surface area (Å²) in [5, 5.41) is 0. The number of carbonyl (C=O) groups is 4. The van der Waals surface area contributed by atoms with Gasteiger partial charge in [-0.2, -0.15) is 0 Å². The molecule has 0 spiro atoms. The molecule has 0 N–H and O–H groups in total. The van der Waals surface area contributed by atoms with E-state index >= 15 is 0 Å². The number of rotatable bonds is 10. The largest absolute Gasteiger partial charge is 0.469 e. The van der Waals surface area contributed by atoms with E-state index in [0.29, 0.717) is 18.4 Å². The molecule has 3 aliphatic heterocycles. The molecule has 1 saturated carbocycles. The van der Waals surface area contributed by atoms with E-state index in [1.165, 1.54) is 21.1 Å². The van der Waals surface area contributed by atoms with Crippen molar-refractivity contribution in [2.45, 2.75) is 76.5 Å². The fraction of sp³-hybridized carbons (Fsp3) is 0.500. The smallest absolute Gasteiger partial charge is 0.340 e. The van der Waals surface area contributed by atoms with E-state index in [4.69, 9.17) is 33.2 Å². The van der Waals surface area contributed by atoms with Crippen molar-refractivity contribution in [3.63, 3.8) is 0 Å². The lowest BCUT2D eigenvalue weighted by Gasteiger charge is -2.62. The molecule has 0 radical (unpaired) electrons. The SMILES string of the molecule is C=C(C)[C@H]([C@H](C)OC(C)=O)C12C(OC(=O)[C@@H]1OC)OC13[C@@H](OC(=O)c4ccc(-c5ccccc5)cc4)OC12CC[C@@H]3C(C)C(=O)OC. The summed E-state index contributed by atoms with van der Waals surface area (Å²) < 4.78 is 42.2. The molecule has 3 heterocycles. The van der Waals surface area contributed by atoms with Gasteiger partial charge in [0.05, 0.1) is 18.6 Å². The van der Waals surface area contributed by atoms with Crippen molar-refractivity contribution in [3.8, 4) is 11.1 Å². The summed E-state index contributed by atoms with van der Waals surface area (Å²) in [6, 6.07) is 16.7. The number of esters is 4. The summed E-state index contributed by atoms with van der Waals surface area (Å²) in [6.07, 6.45) is -3.87. The third-order valence-electron chi connectivity index (χ3n) is 10.6. The molecule has 10 atom stereocenters. The highest BCUT2D eigenvalue weighted by Crippen LogP contribution is 2.78. The summed E-state index contributed by atoms with van der Waals surface area (Å²) in [5.74, 6) is -4.38. The van der Waals surface area contributed by atoms with Gasteiger partial charge >= 0.3 is 23.9 Å². The van der Waals surface area contributed by atoms with Gasteiger partial charge in [0.15, 0.2) is 11.7 Å². The Morgan fingerprint density at radius 3 is 2.21 bits per heavy atom. The van der Waals surface area contributed by atoms with E-state index in [2.05, 4.69) is 6.58 Å². The van der Waals surface area contributed by atoms with Gasteiger partial charge in [-0.1, -0.05) is 61.5 Å². The molecule has 250 valence electrons. The minimum atomic E-state index is -1.45. The van der Waals surface area contributed by atoms with Gasteiger partial charge in [0.2, 0.25) is 12.6 Å². The summed E-state index contributed by atoms with van der Waals surface area (Å²) >= 11 is 0. The molecule has 4 aliphatic rings. The van der Waals surface area contributed by atoms with Gasteiger partial charge in [0.25, 0.3) is 0 Å². The number of methoxy groups -OCH3 is 2. The van der Waals surface area contributed by atoms with Crippen LogP contribution in [0.2, 0.25) is 0 Å². The fourth-order valence-corrected chi connectivity index (χ4v) is 9.03. The van der Waals surface area contributed by atoms with E-state index in [-0.39, 0.29) is 5.56 Å². The summed E-state index contributed by atoms with van der Waals surface area (Å²) in [7, 11) is 2.69.